The summed E-state index contributed by atoms with van der Waals surface area (Å²) < 4.78 is 79.1. The molecule has 2 aromatic rings. The minimum absolute atomic E-state index is 0.132. The van der Waals surface area contributed by atoms with Crippen molar-refractivity contribution in [3.63, 3.8) is 0 Å². The Morgan fingerprint density at radius 1 is 0.727 bits per heavy atom. The SMILES string of the molecule is CCCCCC1CCC(C2CCC(C3CCC(C(F)(F)Oc4cc(F)c(-c5ccc(C#N)c(F)c5)c(F)c4)CC3)CC2)CC1. The number of hydrogen-bond acceptors (Lipinski definition) is 2. The van der Waals surface area contributed by atoms with E-state index in [9.17, 15) is 13.2 Å². The third-order valence-corrected chi connectivity index (χ3v) is 11.2. The smallest absolute Gasteiger partial charge is 0.400 e. The van der Waals surface area contributed by atoms with E-state index in [4.69, 9.17) is 10.00 Å². The van der Waals surface area contributed by atoms with Gasteiger partial charge in [-0.3, -0.25) is 0 Å². The van der Waals surface area contributed by atoms with Crippen molar-refractivity contribution < 1.29 is 26.7 Å². The van der Waals surface area contributed by atoms with E-state index in [1.165, 1.54) is 83.1 Å². The molecule has 2 nitrogen and oxygen atoms in total. The van der Waals surface area contributed by atoms with E-state index in [0.717, 1.165) is 42.7 Å². The van der Waals surface area contributed by atoms with Crippen molar-refractivity contribution >= 4 is 0 Å². The zero-order chi connectivity index (χ0) is 31.3. The first kappa shape index (κ1) is 32.8. The van der Waals surface area contributed by atoms with Crippen molar-refractivity contribution in [1.82, 2.24) is 0 Å². The first-order valence-corrected chi connectivity index (χ1v) is 16.9. The molecule has 7 heteroatoms. The molecule has 0 unspecified atom stereocenters. The third-order valence-electron chi connectivity index (χ3n) is 11.2. The van der Waals surface area contributed by atoms with Crippen LogP contribution in [0.2, 0.25) is 0 Å². The normalized spacial score (nSPS) is 27.9. The third kappa shape index (κ3) is 7.77. The van der Waals surface area contributed by atoms with Crippen molar-refractivity contribution in [2.75, 3.05) is 0 Å². The zero-order valence-electron chi connectivity index (χ0n) is 25.9. The molecule has 0 amide bonds. The second kappa shape index (κ2) is 14.6. The van der Waals surface area contributed by atoms with Crippen LogP contribution in [-0.2, 0) is 0 Å². The molecule has 3 saturated carbocycles. The van der Waals surface area contributed by atoms with E-state index in [2.05, 4.69) is 6.92 Å². The maximum atomic E-state index is 15.2. The lowest BCUT2D eigenvalue weighted by atomic mass is 9.65. The van der Waals surface area contributed by atoms with Gasteiger partial charge in [-0.15, -0.1) is 0 Å². The maximum Gasteiger partial charge on any atom is 0.400 e. The van der Waals surface area contributed by atoms with Crippen LogP contribution in [0.5, 0.6) is 5.75 Å². The van der Waals surface area contributed by atoms with Crippen LogP contribution in [0.15, 0.2) is 30.3 Å². The molecule has 0 N–H and O–H groups in total. The number of nitriles is 1. The summed E-state index contributed by atoms with van der Waals surface area (Å²) in [6, 6.07) is 6.25. The highest BCUT2D eigenvalue weighted by atomic mass is 19.3. The quantitative estimate of drug-likeness (QED) is 0.197. The molecule has 0 aromatic heterocycles. The van der Waals surface area contributed by atoms with Crippen molar-refractivity contribution in [3.05, 3.63) is 53.3 Å². The minimum Gasteiger partial charge on any atom is -0.432 e. The Morgan fingerprint density at radius 3 is 1.75 bits per heavy atom. The molecule has 44 heavy (non-hydrogen) atoms. The fourth-order valence-corrected chi connectivity index (χ4v) is 8.53. The molecule has 3 aliphatic rings. The van der Waals surface area contributed by atoms with Gasteiger partial charge in [0.25, 0.3) is 0 Å². The van der Waals surface area contributed by atoms with E-state index >= 15 is 8.78 Å². The molecule has 0 atom stereocenters. The number of unbranched alkanes of at least 4 members (excludes halogenated alkanes) is 2. The highest BCUT2D eigenvalue weighted by Gasteiger charge is 2.45. The molecule has 0 spiro atoms. The fraction of sp³-hybridized carbons (Fsp3) is 0.649. The summed E-state index contributed by atoms with van der Waals surface area (Å²) in [5, 5.41) is 8.88. The number of ether oxygens (including phenoxy) is 1. The van der Waals surface area contributed by atoms with Gasteiger partial charge < -0.3 is 4.74 Å². The van der Waals surface area contributed by atoms with E-state index < -0.39 is 40.8 Å². The van der Waals surface area contributed by atoms with Gasteiger partial charge in [-0.25, -0.2) is 13.2 Å². The lowest BCUT2D eigenvalue weighted by Gasteiger charge is -2.42. The first-order chi connectivity index (χ1) is 21.2. The summed E-state index contributed by atoms with van der Waals surface area (Å²) in [5.74, 6) is -1.11. The molecule has 5 rings (SSSR count). The van der Waals surface area contributed by atoms with Gasteiger partial charge in [-0.05, 0) is 111 Å². The van der Waals surface area contributed by atoms with Crippen LogP contribution in [0.1, 0.15) is 115 Å². The Hall–Kier alpha value is -2.62. The Labute approximate surface area is 259 Å². The molecular formula is C37H46F5NO. The van der Waals surface area contributed by atoms with E-state index in [1.807, 2.05) is 0 Å². The van der Waals surface area contributed by atoms with Crippen LogP contribution in [-0.4, -0.2) is 6.11 Å². The Balaban J connectivity index is 1.09. The standard InChI is InChI=1S/C37H46F5NO/c1-2-3-4-5-24-6-8-25(9-7-24)26-10-12-27(13-11-26)28-16-18-31(19-17-28)37(41,42)44-32-21-34(39)36(35(40)22-32)29-14-15-30(23-43)33(38)20-29/h14-15,20-22,24-28,31H,2-13,16-19H2,1H3. The number of halogens is 5. The van der Waals surface area contributed by atoms with E-state index in [1.54, 1.807) is 6.07 Å². The van der Waals surface area contributed by atoms with Crippen LogP contribution in [0.25, 0.3) is 11.1 Å². The predicted molar refractivity (Wildman–Crippen MR) is 163 cm³/mol. The molecule has 0 aliphatic heterocycles. The van der Waals surface area contributed by atoms with Crippen molar-refractivity contribution in [2.24, 2.45) is 35.5 Å². The van der Waals surface area contributed by atoms with Gasteiger partial charge in [0.2, 0.25) is 0 Å². The summed E-state index contributed by atoms with van der Waals surface area (Å²) in [6.07, 6.45) is 14.5. The van der Waals surface area contributed by atoms with Crippen LogP contribution in [0.4, 0.5) is 22.0 Å². The second-order valence-electron chi connectivity index (χ2n) is 13.8. The maximum absolute atomic E-state index is 15.2. The van der Waals surface area contributed by atoms with Gasteiger partial charge in [0, 0.05) is 12.1 Å². The topological polar surface area (TPSA) is 33.0 Å². The van der Waals surface area contributed by atoms with Crippen LogP contribution < -0.4 is 4.74 Å². The Bertz CT molecular complexity index is 1260. The summed E-state index contributed by atoms with van der Waals surface area (Å²) in [6.45, 7) is 2.27. The summed E-state index contributed by atoms with van der Waals surface area (Å²) in [4.78, 5) is 0. The van der Waals surface area contributed by atoms with Gasteiger partial charge in [-0.2, -0.15) is 14.0 Å². The molecule has 2 aromatic carbocycles. The van der Waals surface area contributed by atoms with Gasteiger partial charge in [0.1, 0.15) is 29.3 Å². The van der Waals surface area contributed by atoms with Crippen LogP contribution in [0, 0.1) is 64.3 Å². The second-order valence-corrected chi connectivity index (χ2v) is 13.8. The van der Waals surface area contributed by atoms with Crippen LogP contribution in [0.3, 0.4) is 0 Å². The van der Waals surface area contributed by atoms with Gasteiger partial charge in [0.15, 0.2) is 0 Å². The molecule has 3 aliphatic carbocycles. The first-order valence-electron chi connectivity index (χ1n) is 16.9. The molecule has 0 radical (unpaired) electrons. The number of alkyl halides is 2. The van der Waals surface area contributed by atoms with Crippen molar-refractivity contribution in [1.29, 1.82) is 5.26 Å². The fourth-order valence-electron chi connectivity index (χ4n) is 8.53. The average Bonchev–Trinajstić information content (AvgIpc) is 3.01. The summed E-state index contributed by atoms with van der Waals surface area (Å²) in [7, 11) is 0. The van der Waals surface area contributed by atoms with Crippen molar-refractivity contribution in [3.8, 4) is 22.9 Å². The predicted octanol–water partition coefficient (Wildman–Crippen LogP) is 11.6. The molecule has 0 heterocycles. The lowest BCUT2D eigenvalue weighted by Crippen LogP contribution is -2.38. The highest BCUT2D eigenvalue weighted by Crippen LogP contribution is 2.48. The van der Waals surface area contributed by atoms with Crippen LogP contribution >= 0.6 is 0 Å². The molecular weight excluding hydrogens is 569 g/mol. The molecule has 0 bridgehead atoms. The average molecular weight is 616 g/mol. The summed E-state index contributed by atoms with van der Waals surface area (Å²) >= 11 is 0. The highest BCUT2D eigenvalue weighted by molar-refractivity contribution is 5.67. The molecule has 3 fully saturated rings. The number of nitrogens with zero attached hydrogens (tertiary/aromatic N) is 1. The largest absolute Gasteiger partial charge is 0.432 e. The number of hydrogen-bond donors (Lipinski definition) is 0. The van der Waals surface area contributed by atoms with E-state index in [-0.39, 0.29) is 11.1 Å². The summed E-state index contributed by atoms with van der Waals surface area (Å²) in [5.41, 5.74) is -0.955. The van der Waals surface area contributed by atoms with Gasteiger partial charge >= 0.3 is 6.11 Å². The Morgan fingerprint density at radius 2 is 1.25 bits per heavy atom. The van der Waals surface area contributed by atoms with Gasteiger partial charge in [0.05, 0.1) is 17.0 Å². The van der Waals surface area contributed by atoms with Gasteiger partial charge in [-0.1, -0.05) is 51.5 Å². The lowest BCUT2D eigenvalue weighted by molar-refractivity contribution is -0.224. The number of benzene rings is 2. The monoisotopic (exact) mass is 615 g/mol. The molecule has 240 valence electrons. The van der Waals surface area contributed by atoms with Crippen molar-refractivity contribution in [2.45, 2.75) is 116 Å². The van der Waals surface area contributed by atoms with E-state index in [0.29, 0.717) is 36.8 Å². The Kier molecular flexibility index (Phi) is 10.9. The molecule has 0 saturated heterocycles. The number of rotatable bonds is 10. The zero-order valence-corrected chi connectivity index (χ0v) is 25.9. The minimum atomic E-state index is -3.56.